The average Bonchev–Trinajstić information content (AvgIpc) is 2.46. The van der Waals surface area contributed by atoms with Crippen molar-refractivity contribution < 1.29 is 8.78 Å². The largest absolute Gasteiger partial charge is 0.324 e. The minimum Gasteiger partial charge on any atom is -0.324 e. The number of aromatic nitrogens is 1. The Hall–Kier alpha value is -2.53. The predicted octanol–water partition coefficient (Wildman–Crippen LogP) is 3.57. The summed E-state index contributed by atoms with van der Waals surface area (Å²) in [6, 6.07) is 8.51. The number of halogens is 2. The summed E-state index contributed by atoms with van der Waals surface area (Å²) in [4.78, 5) is 12.8. The highest BCUT2D eigenvalue weighted by atomic mass is 19.1. The molecular formula is C18H16F2N2O. The number of hydrogen-bond acceptors (Lipinski definition) is 2. The van der Waals surface area contributed by atoms with Gasteiger partial charge in [-0.05, 0) is 60.9 Å². The van der Waals surface area contributed by atoms with Crippen molar-refractivity contribution in [2.24, 2.45) is 5.73 Å². The Morgan fingerprint density at radius 2 is 1.83 bits per heavy atom. The molecule has 3 nitrogen and oxygen atoms in total. The van der Waals surface area contributed by atoms with Gasteiger partial charge in [-0.15, -0.1) is 0 Å². The van der Waals surface area contributed by atoms with E-state index in [1.54, 1.807) is 26.0 Å². The summed E-state index contributed by atoms with van der Waals surface area (Å²) in [5, 5.41) is 0. The summed E-state index contributed by atoms with van der Waals surface area (Å²) in [6.07, 6.45) is 1.12. The first-order chi connectivity index (χ1) is 10.9. The number of hydrogen-bond donors (Lipinski definition) is 1. The number of fused-ring (bicyclic) bond motifs is 1. The highest BCUT2D eigenvalue weighted by molar-refractivity contribution is 5.71. The first-order valence-electron chi connectivity index (χ1n) is 7.25. The number of nitrogens with two attached hydrogens (primary N) is 1. The molecule has 1 aromatic carbocycles. The highest BCUT2D eigenvalue weighted by Gasteiger charge is 2.17. The van der Waals surface area contributed by atoms with Crippen LogP contribution in [0.1, 0.15) is 24.1 Å². The second kappa shape index (κ2) is 5.59. The number of nitrogens with zero attached hydrogens (tertiary/aromatic N) is 1. The fourth-order valence-electron chi connectivity index (χ4n) is 2.79. The maximum absolute atomic E-state index is 13.8. The van der Waals surface area contributed by atoms with E-state index in [1.165, 1.54) is 28.7 Å². The van der Waals surface area contributed by atoms with Gasteiger partial charge < -0.3 is 5.73 Å². The van der Waals surface area contributed by atoms with Gasteiger partial charge in [-0.25, -0.2) is 8.78 Å². The van der Waals surface area contributed by atoms with Crippen LogP contribution in [-0.2, 0) is 0 Å². The Morgan fingerprint density at radius 1 is 1.09 bits per heavy atom. The van der Waals surface area contributed by atoms with Crippen molar-refractivity contribution in [3.8, 4) is 11.1 Å². The van der Waals surface area contributed by atoms with Crippen molar-refractivity contribution in [3.05, 3.63) is 75.7 Å². The number of aryl methyl sites for hydroxylation is 1. The summed E-state index contributed by atoms with van der Waals surface area (Å²) in [5.74, 6) is -0.950. The molecule has 2 aromatic heterocycles. The second-order valence-corrected chi connectivity index (χ2v) is 5.73. The normalized spacial score (nSPS) is 12.6. The van der Waals surface area contributed by atoms with E-state index < -0.39 is 23.2 Å². The van der Waals surface area contributed by atoms with E-state index >= 15 is 0 Å². The third kappa shape index (κ3) is 2.75. The lowest BCUT2D eigenvalue weighted by Crippen LogP contribution is -2.21. The fourth-order valence-corrected chi connectivity index (χ4v) is 2.79. The first kappa shape index (κ1) is 15.4. The van der Waals surface area contributed by atoms with Crippen molar-refractivity contribution in [2.45, 2.75) is 19.9 Å². The Kier molecular flexibility index (Phi) is 3.74. The lowest BCUT2D eigenvalue weighted by molar-refractivity contribution is 0.618. The first-order valence-corrected chi connectivity index (χ1v) is 7.25. The van der Waals surface area contributed by atoms with Gasteiger partial charge in [0.05, 0.1) is 5.56 Å². The molecule has 1 unspecified atom stereocenters. The molecule has 0 radical (unpaired) electrons. The molecule has 0 fully saturated rings. The van der Waals surface area contributed by atoms with Gasteiger partial charge in [-0.1, -0.05) is 6.07 Å². The maximum Gasteiger partial charge on any atom is 0.263 e. The van der Waals surface area contributed by atoms with Gasteiger partial charge >= 0.3 is 0 Å². The fraction of sp³-hybridized carbons (Fsp3) is 0.167. The zero-order chi connectivity index (χ0) is 16.7. The van der Waals surface area contributed by atoms with Gasteiger partial charge in [0.1, 0.15) is 11.6 Å². The molecular weight excluding hydrogens is 298 g/mol. The molecule has 2 N–H and O–H groups in total. The highest BCUT2D eigenvalue weighted by Crippen LogP contribution is 2.27. The van der Waals surface area contributed by atoms with E-state index in [0.29, 0.717) is 27.8 Å². The summed E-state index contributed by atoms with van der Waals surface area (Å²) in [7, 11) is 0. The smallest absolute Gasteiger partial charge is 0.263 e. The van der Waals surface area contributed by atoms with E-state index in [0.717, 1.165) is 6.20 Å². The molecule has 2 heterocycles. The molecule has 0 aliphatic heterocycles. The second-order valence-electron chi connectivity index (χ2n) is 5.73. The molecule has 0 saturated heterocycles. The number of rotatable bonds is 2. The molecule has 0 bridgehead atoms. The van der Waals surface area contributed by atoms with Crippen LogP contribution in [0.5, 0.6) is 0 Å². The van der Waals surface area contributed by atoms with Gasteiger partial charge in [0.15, 0.2) is 0 Å². The lowest BCUT2D eigenvalue weighted by atomic mass is 9.95. The standard InChI is InChI=1S/C18H16F2N2O/c1-10-5-12(7-14(20)6-10)17-16(11(2)21)8-15-4-3-13(19)9-22(15)18(17)23/h3-9,11H,21H2,1-2H3. The number of benzene rings is 1. The minimum atomic E-state index is -0.519. The third-order valence-corrected chi connectivity index (χ3v) is 3.79. The zero-order valence-electron chi connectivity index (χ0n) is 12.8. The third-order valence-electron chi connectivity index (χ3n) is 3.79. The van der Waals surface area contributed by atoms with E-state index in [4.69, 9.17) is 5.73 Å². The summed E-state index contributed by atoms with van der Waals surface area (Å²) >= 11 is 0. The average molecular weight is 314 g/mol. The molecule has 118 valence electrons. The number of pyridine rings is 2. The monoisotopic (exact) mass is 314 g/mol. The van der Waals surface area contributed by atoms with Crippen molar-refractivity contribution >= 4 is 5.52 Å². The SMILES string of the molecule is Cc1cc(F)cc(-c2c(C(C)N)cc3ccc(F)cn3c2=O)c1. The van der Waals surface area contributed by atoms with Crippen LogP contribution in [0.3, 0.4) is 0 Å². The van der Waals surface area contributed by atoms with Gasteiger partial charge in [0.2, 0.25) is 0 Å². The predicted molar refractivity (Wildman–Crippen MR) is 86.4 cm³/mol. The summed E-state index contributed by atoms with van der Waals surface area (Å²) in [6.45, 7) is 3.50. The summed E-state index contributed by atoms with van der Waals surface area (Å²) in [5.41, 5.74) is 8.16. The topological polar surface area (TPSA) is 47.5 Å². The van der Waals surface area contributed by atoms with Crippen LogP contribution < -0.4 is 11.3 Å². The molecule has 3 rings (SSSR count). The molecule has 5 heteroatoms. The van der Waals surface area contributed by atoms with Crippen LogP contribution in [0.2, 0.25) is 0 Å². The minimum absolute atomic E-state index is 0.297. The van der Waals surface area contributed by atoms with Crippen molar-refractivity contribution in [3.63, 3.8) is 0 Å². The lowest BCUT2D eigenvalue weighted by Gasteiger charge is -2.15. The van der Waals surface area contributed by atoms with Crippen molar-refractivity contribution in [1.82, 2.24) is 4.40 Å². The van der Waals surface area contributed by atoms with E-state index in [-0.39, 0.29) is 0 Å². The van der Waals surface area contributed by atoms with Crippen LogP contribution in [0, 0.1) is 18.6 Å². The molecule has 0 spiro atoms. The molecule has 0 aliphatic rings. The molecule has 0 amide bonds. The van der Waals surface area contributed by atoms with Crippen LogP contribution in [-0.4, -0.2) is 4.40 Å². The Bertz CT molecular complexity index is 941. The Labute approximate surface area is 132 Å². The van der Waals surface area contributed by atoms with E-state index in [2.05, 4.69) is 0 Å². The van der Waals surface area contributed by atoms with Gasteiger partial charge in [-0.3, -0.25) is 9.20 Å². The van der Waals surface area contributed by atoms with Crippen molar-refractivity contribution in [1.29, 1.82) is 0 Å². The van der Waals surface area contributed by atoms with E-state index in [9.17, 15) is 13.6 Å². The zero-order valence-corrected chi connectivity index (χ0v) is 12.8. The van der Waals surface area contributed by atoms with Crippen LogP contribution >= 0.6 is 0 Å². The molecule has 0 saturated carbocycles. The Balaban J connectivity index is 2.44. The molecule has 3 aromatic rings. The Morgan fingerprint density at radius 3 is 2.48 bits per heavy atom. The molecule has 1 atom stereocenters. The van der Waals surface area contributed by atoms with Gasteiger partial charge in [0.25, 0.3) is 5.56 Å². The van der Waals surface area contributed by atoms with Gasteiger partial charge in [-0.2, -0.15) is 0 Å². The van der Waals surface area contributed by atoms with Crippen LogP contribution in [0.4, 0.5) is 8.78 Å². The maximum atomic E-state index is 13.8. The van der Waals surface area contributed by atoms with Crippen LogP contribution in [0.15, 0.2) is 47.4 Å². The van der Waals surface area contributed by atoms with E-state index in [1.807, 2.05) is 0 Å². The molecule has 23 heavy (non-hydrogen) atoms. The molecule has 0 aliphatic carbocycles. The summed E-state index contributed by atoms with van der Waals surface area (Å²) < 4.78 is 28.5. The van der Waals surface area contributed by atoms with Crippen molar-refractivity contribution in [2.75, 3.05) is 0 Å². The van der Waals surface area contributed by atoms with Gasteiger partial charge in [0, 0.05) is 17.8 Å². The quantitative estimate of drug-likeness (QED) is 0.786. The van der Waals surface area contributed by atoms with Crippen LogP contribution in [0.25, 0.3) is 16.6 Å².